The summed E-state index contributed by atoms with van der Waals surface area (Å²) in [5, 5.41) is 0. The van der Waals surface area contributed by atoms with E-state index in [1.807, 2.05) is 19.1 Å². The highest BCUT2D eigenvalue weighted by atomic mass is 32.1. The highest BCUT2D eigenvalue weighted by molar-refractivity contribution is 7.16. The quantitative estimate of drug-likeness (QED) is 0.466. The Hall–Kier alpha value is -2.44. The van der Waals surface area contributed by atoms with Crippen LogP contribution in [-0.4, -0.2) is 30.3 Å². The van der Waals surface area contributed by atoms with E-state index in [1.165, 1.54) is 16.9 Å². The Morgan fingerprint density at radius 2 is 2.00 bits per heavy atom. The van der Waals surface area contributed by atoms with E-state index in [2.05, 4.69) is 41.6 Å². The molecule has 0 saturated carbocycles. The lowest BCUT2D eigenvalue weighted by atomic mass is 10.2. The van der Waals surface area contributed by atoms with Gasteiger partial charge in [0.1, 0.15) is 5.75 Å². The first-order valence-corrected chi connectivity index (χ1v) is 10.9. The van der Waals surface area contributed by atoms with E-state index in [9.17, 15) is 4.79 Å². The SMILES string of the molecule is CCCCOc1cccc(C(=O)N=c2sc3cc(C)ccc3n2CCOCC)c1. The van der Waals surface area contributed by atoms with E-state index in [1.54, 1.807) is 12.1 Å². The molecule has 1 amide bonds. The monoisotopic (exact) mass is 412 g/mol. The second kappa shape index (κ2) is 10.4. The van der Waals surface area contributed by atoms with E-state index < -0.39 is 0 Å². The summed E-state index contributed by atoms with van der Waals surface area (Å²) in [6.07, 6.45) is 2.06. The van der Waals surface area contributed by atoms with E-state index in [0.717, 1.165) is 23.1 Å². The number of unbranched alkanes of at least 4 members (excludes halogenated alkanes) is 1. The molecule has 0 unspecified atom stereocenters. The Morgan fingerprint density at radius 3 is 2.79 bits per heavy atom. The molecule has 0 fully saturated rings. The number of hydrogen-bond acceptors (Lipinski definition) is 4. The van der Waals surface area contributed by atoms with Crippen molar-refractivity contribution >= 4 is 27.5 Å². The summed E-state index contributed by atoms with van der Waals surface area (Å²) in [4.78, 5) is 18.0. The van der Waals surface area contributed by atoms with Crippen molar-refractivity contribution < 1.29 is 14.3 Å². The second-order valence-corrected chi connectivity index (χ2v) is 7.86. The minimum absolute atomic E-state index is 0.264. The highest BCUT2D eigenvalue weighted by Crippen LogP contribution is 2.20. The number of aromatic nitrogens is 1. The van der Waals surface area contributed by atoms with Gasteiger partial charge in [-0.15, -0.1) is 0 Å². The predicted molar refractivity (Wildman–Crippen MR) is 118 cm³/mol. The van der Waals surface area contributed by atoms with Crippen LogP contribution in [0.5, 0.6) is 5.75 Å². The number of nitrogens with zero attached hydrogens (tertiary/aromatic N) is 2. The average molecular weight is 413 g/mol. The van der Waals surface area contributed by atoms with Gasteiger partial charge in [0.25, 0.3) is 5.91 Å². The van der Waals surface area contributed by atoms with Crippen molar-refractivity contribution in [2.75, 3.05) is 19.8 Å². The molecule has 0 aliphatic heterocycles. The maximum absolute atomic E-state index is 12.9. The number of ether oxygens (including phenoxy) is 2. The summed E-state index contributed by atoms with van der Waals surface area (Å²) in [6, 6.07) is 13.5. The number of benzene rings is 2. The third kappa shape index (κ3) is 5.55. The number of carbonyl (C=O) groups is 1. The second-order valence-electron chi connectivity index (χ2n) is 6.85. The maximum atomic E-state index is 12.9. The van der Waals surface area contributed by atoms with Gasteiger partial charge in [0.15, 0.2) is 4.80 Å². The lowest BCUT2D eigenvalue weighted by Gasteiger charge is -2.06. The first kappa shape index (κ1) is 21.3. The van der Waals surface area contributed by atoms with Crippen molar-refractivity contribution in [1.82, 2.24) is 4.57 Å². The van der Waals surface area contributed by atoms with Gasteiger partial charge in [-0.1, -0.05) is 36.8 Å². The van der Waals surface area contributed by atoms with Gasteiger partial charge in [-0.05, 0) is 56.2 Å². The molecule has 0 aliphatic rings. The van der Waals surface area contributed by atoms with Crippen molar-refractivity contribution in [3.63, 3.8) is 0 Å². The van der Waals surface area contributed by atoms with Crippen molar-refractivity contribution in [3.05, 3.63) is 58.4 Å². The molecule has 1 aromatic heterocycles. The zero-order valence-corrected chi connectivity index (χ0v) is 18.1. The topological polar surface area (TPSA) is 52.8 Å². The van der Waals surface area contributed by atoms with Crippen LogP contribution < -0.4 is 9.54 Å². The van der Waals surface area contributed by atoms with Crippen LogP contribution >= 0.6 is 11.3 Å². The number of fused-ring (bicyclic) bond motifs is 1. The number of rotatable bonds is 9. The van der Waals surface area contributed by atoms with Gasteiger partial charge in [0.05, 0.1) is 23.4 Å². The molecule has 0 aliphatic carbocycles. The minimum Gasteiger partial charge on any atom is -0.494 e. The van der Waals surface area contributed by atoms with E-state index in [-0.39, 0.29) is 5.91 Å². The number of carbonyl (C=O) groups excluding carboxylic acids is 1. The first-order valence-electron chi connectivity index (χ1n) is 10.1. The summed E-state index contributed by atoms with van der Waals surface area (Å²) in [5.41, 5.74) is 2.79. The molecule has 0 spiro atoms. The minimum atomic E-state index is -0.264. The number of amides is 1. The lowest BCUT2D eigenvalue weighted by Crippen LogP contribution is -2.19. The van der Waals surface area contributed by atoms with Gasteiger partial charge in [-0.3, -0.25) is 4.79 Å². The number of aryl methyl sites for hydroxylation is 1. The van der Waals surface area contributed by atoms with Crippen molar-refractivity contribution in [2.24, 2.45) is 4.99 Å². The van der Waals surface area contributed by atoms with E-state index in [0.29, 0.717) is 42.5 Å². The van der Waals surface area contributed by atoms with Gasteiger partial charge >= 0.3 is 0 Å². The molecule has 2 aromatic carbocycles. The fourth-order valence-corrected chi connectivity index (χ4v) is 4.14. The summed E-state index contributed by atoms with van der Waals surface area (Å²) < 4.78 is 14.4. The van der Waals surface area contributed by atoms with Crippen LogP contribution in [0, 0.1) is 6.92 Å². The number of thiazole rings is 1. The fraction of sp³-hybridized carbons (Fsp3) is 0.391. The summed E-state index contributed by atoms with van der Waals surface area (Å²) in [6.45, 7) is 8.72. The van der Waals surface area contributed by atoms with E-state index >= 15 is 0 Å². The summed E-state index contributed by atoms with van der Waals surface area (Å²) in [5.74, 6) is 0.440. The Bertz CT molecular complexity index is 1040. The van der Waals surface area contributed by atoms with Gasteiger partial charge in [-0.2, -0.15) is 4.99 Å². The molecule has 29 heavy (non-hydrogen) atoms. The summed E-state index contributed by atoms with van der Waals surface area (Å²) >= 11 is 1.53. The van der Waals surface area contributed by atoms with Crippen LogP contribution in [0.4, 0.5) is 0 Å². The molecule has 154 valence electrons. The van der Waals surface area contributed by atoms with Crippen LogP contribution in [0.15, 0.2) is 47.5 Å². The molecular weight excluding hydrogens is 384 g/mol. The lowest BCUT2D eigenvalue weighted by molar-refractivity contribution is 0.0996. The Labute approximate surface area is 175 Å². The normalized spacial score (nSPS) is 11.9. The van der Waals surface area contributed by atoms with Gasteiger partial charge in [0.2, 0.25) is 0 Å². The first-order chi connectivity index (χ1) is 14.1. The smallest absolute Gasteiger partial charge is 0.279 e. The predicted octanol–water partition coefficient (Wildman–Crippen LogP) is 4.97. The van der Waals surface area contributed by atoms with Crippen LogP contribution in [0.25, 0.3) is 10.2 Å². The molecule has 0 bridgehead atoms. The molecule has 0 N–H and O–H groups in total. The Morgan fingerprint density at radius 1 is 1.14 bits per heavy atom. The molecule has 3 aromatic rings. The molecule has 5 nitrogen and oxygen atoms in total. The van der Waals surface area contributed by atoms with Crippen molar-refractivity contribution in [2.45, 2.75) is 40.2 Å². The molecule has 0 atom stereocenters. The van der Waals surface area contributed by atoms with Crippen LogP contribution in [0.2, 0.25) is 0 Å². The van der Waals surface area contributed by atoms with Crippen molar-refractivity contribution in [1.29, 1.82) is 0 Å². The standard InChI is InChI=1S/C23H28N2O3S/c1-4-6-13-28-19-9-7-8-18(16-19)22(26)24-23-25(12-14-27-5-2)20-11-10-17(3)15-21(20)29-23/h7-11,15-16H,4-6,12-14H2,1-3H3. The van der Waals surface area contributed by atoms with E-state index in [4.69, 9.17) is 9.47 Å². The van der Waals surface area contributed by atoms with Gasteiger partial charge in [0, 0.05) is 18.7 Å². The molecule has 0 radical (unpaired) electrons. The molecule has 3 rings (SSSR count). The Kier molecular flexibility index (Phi) is 7.61. The largest absolute Gasteiger partial charge is 0.494 e. The summed E-state index contributed by atoms with van der Waals surface area (Å²) in [7, 11) is 0. The zero-order valence-electron chi connectivity index (χ0n) is 17.3. The van der Waals surface area contributed by atoms with Crippen LogP contribution in [0.1, 0.15) is 42.6 Å². The van der Waals surface area contributed by atoms with Gasteiger partial charge in [-0.25, -0.2) is 0 Å². The average Bonchev–Trinajstić information content (AvgIpc) is 3.04. The van der Waals surface area contributed by atoms with Gasteiger partial charge < -0.3 is 14.0 Å². The van der Waals surface area contributed by atoms with Crippen LogP contribution in [0.3, 0.4) is 0 Å². The third-order valence-electron chi connectivity index (χ3n) is 4.55. The fourth-order valence-electron chi connectivity index (χ4n) is 2.99. The molecule has 6 heteroatoms. The Balaban J connectivity index is 1.93. The number of hydrogen-bond donors (Lipinski definition) is 0. The molecule has 0 saturated heterocycles. The van der Waals surface area contributed by atoms with Crippen LogP contribution in [-0.2, 0) is 11.3 Å². The molecule has 1 heterocycles. The third-order valence-corrected chi connectivity index (χ3v) is 5.59. The van der Waals surface area contributed by atoms with Crippen molar-refractivity contribution in [3.8, 4) is 5.75 Å². The zero-order chi connectivity index (χ0) is 20.6. The highest BCUT2D eigenvalue weighted by Gasteiger charge is 2.10. The maximum Gasteiger partial charge on any atom is 0.279 e. The molecular formula is C23H28N2O3S.